The number of aliphatic hydroxyl groups is 1. The molecule has 1 unspecified atom stereocenters. The second-order valence-electron chi connectivity index (χ2n) is 5.68. The summed E-state index contributed by atoms with van der Waals surface area (Å²) in [4.78, 5) is 12.2. The van der Waals surface area contributed by atoms with Crippen LogP contribution < -0.4 is 0 Å². The maximum Gasteiger partial charge on any atom is 0.340 e. The van der Waals surface area contributed by atoms with Gasteiger partial charge < -0.3 is 24.1 Å². The van der Waals surface area contributed by atoms with Crippen LogP contribution in [0.5, 0.6) is 0 Å². The fraction of sp³-hybridized carbons (Fsp3) is 0.533. The van der Waals surface area contributed by atoms with E-state index in [1.807, 2.05) is 19.1 Å². The lowest BCUT2D eigenvalue weighted by atomic mass is 10.1. The van der Waals surface area contributed by atoms with E-state index in [2.05, 4.69) is 0 Å². The van der Waals surface area contributed by atoms with Gasteiger partial charge in [0.1, 0.15) is 6.10 Å². The van der Waals surface area contributed by atoms with Crippen molar-refractivity contribution in [1.82, 2.24) is 0 Å². The molecule has 0 spiro atoms. The first-order valence-corrected chi connectivity index (χ1v) is 6.83. The molecule has 0 aromatic heterocycles. The fourth-order valence-electron chi connectivity index (χ4n) is 2.61. The van der Waals surface area contributed by atoms with Gasteiger partial charge in [0.25, 0.3) is 0 Å². The Morgan fingerprint density at radius 1 is 1.24 bits per heavy atom. The number of aryl methyl sites for hydroxylation is 1. The van der Waals surface area contributed by atoms with Crippen molar-refractivity contribution in [3.8, 4) is 0 Å². The van der Waals surface area contributed by atoms with E-state index in [0.29, 0.717) is 5.56 Å². The minimum Gasteiger partial charge on any atom is -0.429 e. The van der Waals surface area contributed by atoms with Gasteiger partial charge in [-0.15, -0.1) is 0 Å². The normalized spacial score (nSPS) is 33.7. The molecule has 0 bridgehead atoms. The zero-order chi connectivity index (χ0) is 15.2. The molecule has 1 N–H and O–H groups in total. The molecule has 4 atom stereocenters. The molecule has 114 valence electrons. The van der Waals surface area contributed by atoms with Gasteiger partial charge in [0, 0.05) is 0 Å². The molecule has 2 heterocycles. The van der Waals surface area contributed by atoms with Crippen LogP contribution >= 0.6 is 0 Å². The zero-order valence-corrected chi connectivity index (χ0v) is 12.1. The molecule has 2 fully saturated rings. The summed E-state index contributed by atoms with van der Waals surface area (Å²) >= 11 is 0. The molecular weight excluding hydrogens is 276 g/mol. The molecule has 3 rings (SSSR count). The molecule has 6 nitrogen and oxygen atoms in total. The summed E-state index contributed by atoms with van der Waals surface area (Å²) in [6, 6.07) is 7.10. The summed E-state index contributed by atoms with van der Waals surface area (Å²) in [6.45, 7) is 5.29. The van der Waals surface area contributed by atoms with Gasteiger partial charge in [-0.05, 0) is 32.4 Å². The number of aliphatic hydroxyl groups excluding tert-OH is 1. The highest BCUT2D eigenvalue weighted by atomic mass is 16.8. The van der Waals surface area contributed by atoms with E-state index in [4.69, 9.17) is 18.9 Å². The molecule has 0 aliphatic carbocycles. The van der Waals surface area contributed by atoms with Crippen LogP contribution in [0.1, 0.15) is 29.8 Å². The lowest BCUT2D eigenvalue weighted by Gasteiger charge is -2.22. The van der Waals surface area contributed by atoms with Gasteiger partial charge in [0.2, 0.25) is 6.29 Å². The Hall–Kier alpha value is -1.47. The molecule has 2 saturated heterocycles. The minimum absolute atomic E-state index is 0.456. The van der Waals surface area contributed by atoms with Crippen molar-refractivity contribution in [3.05, 3.63) is 35.4 Å². The van der Waals surface area contributed by atoms with Crippen LogP contribution in [-0.2, 0) is 18.9 Å². The first-order chi connectivity index (χ1) is 9.87. The first-order valence-electron chi connectivity index (χ1n) is 6.83. The molecule has 0 radical (unpaired) electrons. The molecular formula is C15H18O6. The Morgan fingerprint density at radius 2 is 1.90 bits per heavy atom. The van der Waals surface area contributed by atoms with Crippen LogP contribution in [0, 0.1) is 6.92 Å². The lowest BCUT2D eigenvalue weighted by molar-refractivity contribution is -0.252. The van der Waals surface area contributed by atoms with Crippen LogP contribution in [0.3, 0.4) is 0 Å². The van der Waals surface area contributed by atoms with Gasteiger partial charge in [0.15, 0.2) is 18.2 Å². The quantitative estimate of drug-likeness (QED) is 0.830. The Labute approximate surface area is 122 Å². The molecule has 21 heavy (non-hydrogen) atoms. The number of ether oxygens (including phenoxy) is 4. The van der Waals surface area contributed by atoms with Crippen molar-refractivity contribution in [2.75, 3.05) is 0 Å². The second kappa shape index (κ2) is 5.06. The first kappa shape index (κ1) is 14.5. The Morgan fingerprint density at radius 3 is 2.62 bits per heavy atom. The third-order valence-electron chi connectivity index (χ3n) is 3.57. The van der Waals surface area contributed by atoms with Crippen molar-refractivity contribution in [1.29, 1.82) is 0 Å². The topological polar surface area (TPSA) is 74.2 Å². The van der Waals surface area contributed by atoms with Crippen molar-refractivity contribution >= 4 is 5.97 Å². The van der Waals surface area contributed by atoms with E-state index in [1.54, 1.807) is 26.0 Å². The maximum absolute atomic E-state index is 12.2. The summed E-state index contributed by atoms with van der Waals surface area (Å²) in [5, 5.41) is 9.82. The van der Waals surface area contributed by atoms with Crippen LogP contribution in [0.4, 0.5) is 0 Å². The zero-order valence-electron chi connectivity index (χ0n) is 12.1. The standard InChI is InChI=1S/C15H18O6/c1-8-6-4-5-7-9(8)12(16)18-14-11-10(13(17)19-14)20-15(2,3)21-11/h4-7,10-11,13-14,17H,1-3H3/t10-,11-,13?,14+/m1/s1. The van der Waals surface area contributed by atoms with E-state index >= 15 is 0 Å². The maximum atomic E-state index is 12.2. The summed E-state index contributed by atoms with van der Waals surface area (Å²) < 4.78 is 21.7. The van der Waals surface area contributed by atoms with Crippen LogP contribution in [-0.4, -0.2) is 41.7 Å². The Bertz CT molecular complexity index is 555. The lowest BCUT2D eigenvalue weighted by Crippen LogP contribution is -2.33. The summed E-state index contributed by atoms with van der Waals surface area (Å²) in [5.41, 5.74) is 1.26. The van der Waals surface area contributed by atoms with Gasteiger partial charge in [-0.25, -0.2) is 4.79 Å². The molecule has 2 aliphatic rings. The molecule has 0 amide bonds. The van der Waals surface area contributed by atoms with E-state index in [0.717, 1.165) is 5.56 Å². The van der Waals surface area contributed by atoms with Crippen LogP contribution in [0.25, 0.3) is 0 Å². The van der Waals surface area contributed by atoms with Crippen molar-refractivity contribution in [3.63, 3.8) is 0 Å². The van der Waals surface area contributed by atoms with Gasteiger partial charge in [0.05, 0.1) is 5.56 Å². The van der Waals surface area contributed by atoms with Gasteiger partial charge >= 0.3 is 5.97 Å². The number of carbonyl (C=O) groups excluding carboxylic acids is 1. The Kier molecular flexibility index (Phi) is 3.49. The number of rotatable bonds is 2. The summed E-state index contributed by atoms with van der Waals surface area (Å²) in [6.07, 6.45) is -3.46. The molecule has 1 aromatic rings. The van der Waals surface area contributed by atoms with Gasteiger partial charge in [-0.1, -0.05) is 18.2 Å². The monoisotopic (exact) mass is 294 g/mol. The average Bonchev–Trinajstić information content (AvgIpc) is 2.86. The molecule has 6 heteroatoms. The number of esters is 1. The van der Waals surface area contributed by atoms with Crippen LogP contribution in [0.2, 0.25) is 0 Å². The van der Waals surface area contributed by atoms with Gasteiger partial charge in [-0.3, -0.25) is 0 Å². The highest BCUT2D eigenvalue weighted by molar-refractivity contribution is 5.91. The number of hydrogen-bond acceptors (Lipinski definition) is 6. The number of benzene rings is 1. The predicted octanol–water partition coefficient (Wildman–Crippen LogP) is 1.35. The van der Waals surface area contributed by atoms with Crippen LogP contribution in [0.15, 0.2) is 24.3 Å². The number of fused-ring (bicyclic) bond motifs is 1. The third kappa shape index (κ3) is 2.67. The molecule has 1 aromatic carbocycles. The van der Waals surface area contributed by atoms with Crippen molar-refractivity contribution in [2.24, 2.45) is 0 Å². The van der Waals surface area contributed by atoms with Crippen molar-refractivity contribution < 1.29 is 28.8 Å². The number of carbonyl (C=O) groups is 1. The SMILES string of the molecule is Cc1ccccc1C(=O)O[C@H]1OC(O)[C@@H]2OC(C)(C)O[C@@H]12. The van der Waals surface area contributed by atoms with E-state index in [-0.39, 0.29) is 0 Å². The van der Waals surface area contributed by atoms with Gasteiger partial charge in [-0.2, -0.15) is 0 Å². The minimum atomic E-state index is -1.17. The third-order valence-corrected chi connectivity index (χ3v) is 3.57. The fourth-order valence-corrected chi connectivity index (χ4v) is 2.61. The predicted molar refractivity (Wildman–Crippen MR) is 71.3 cm³/mol. The smallest absolute Gasteiger partial charge is 0.340 e. The highest BCUT2D eigenvalue weighted by Crippen LogP contribution is 2.38. The summed E-state index contributed by atoms with van der Waals surface area (Å²) in [5.74, 6) is -1.35. The Balaban J connectivity index is 1.74. The molecule has 2 aliphatic heterocycles. The van der Waals surface area contributed by atoms with E-state index < -0.39 is 36.5 Å². The highest BCUT2D eigenvalue weighted by Gasteiger charge is 2.56. The number of hydrogen-bond donors (Lipinski definition) is 1. The largest absolute Gasteiger partial charge is 0.429 e. The molecule has 0 saturated carbocycles. The summed E-state index contributed by atoms with van der Waals surface area (Å²) in [7, 11) is 0. The second-order valence-corrected chi connectivity index (χ2v) is 5.68. The van der Waals surface area contributed by atoms with E-state index in [9.17, 15) is 9.90 Å². The van der Waals surface area contributed by atoms with E-state index in [1.165, 1.54) is 0 Å². The average molecular weight is 294 g/mol. The van der Waals surface area contributed by atoms with Crippen molar-refractivity contribution in [2.45, 2.75) is 51.3 Å².